The highest BCUT2D eigenvalue weighted by atomic mass is 15.2. The van der Waals surface area contributed by atoms with Crippen LogP contribution in [0.1, 0.15) is 0 Å². The van der Waals surface area contributed by atoms with Crippen molar-refractivity contribution in [1.29, 1.82) is 0 Å². The Morgan fingerprint density at radius 3 is 1.57 bits per heavy atom. The molecule has 11 rings (SSSR count). The third-order valence-electron chi connectivity index (χ3n) is 11.6. The molecule has 10 aromatic carbocycles. The normalized spacial score (nSPS) is 11.4. The lowest BCUT2D eigenvalue weighted by Crippen LogP contribution is -2.12. The number of fused-ring (bicyclic) bond motifs is 6. The first-order valence-electron chi connectivity index (χ1n) is 19.9. The van der Waals surface area contributed by atoms with Crippen LogP contribution in [0.3, 0.4) is 0 Å². The maximum absolute atomic E-state index is 2.52. The topological polar surface area (TPSA) is 8.17 Å². The molecule has 58 heavy (non-hydrogen) atoms. The van der Waals surface area contributed by atoms with Gasteiger partial charge in [0.15, 0.2) is 0 Å². The fourth-order valence-corrected chi connectivity index (χ4v) is 9.00. The minimum absolute atomic E-state index is 1.12. The Morgan fingerprint density at radius 2 is 0.828 bits per heavy atom. The summed E-state index contributed by atoms with van der Waals surface area (Å²) in [5, 5.41) is 7.30. The molecule has 0 bridgehead atoms. The van der Waals surface area contributed by atoms with Gasteiger partial charge in [-0.2, -0.15) is 0 Å². The summed E-state index contributed by atoms with van der Waals surface area (Å²) in [6.07, 6.45) is 0. The van der Waals surface area contributed by atoms with E-state index >= 15 is 0 Å². The van der Waals surface area contributed by atoms with Gasteiger partial charge in [0, 0.05) is 27.4 Å². The second kappa shape index (κ2) is 14.1. The van der Waals surface area contributed by atoms with Crippen LogP contribution in [-0.2, 0) is 0 Å². The number of hydrogen-bond acceptors (Lipinski definition) is 1. The number of hydrogen-bond donors (Lipinski definition) is 0. The molecule has 0 aliphatic carbocycles. The minimum Gasteiger partial charge on any atom is -0.309 e. The molecule has 0 N–H and O–H groups in total. The molecule has 1 aromatic heterocycles. The predicted molar refractivity (Wildman–Crippen MR) is 247 cm³/mol. The van der Waals surface area contributed by atoms with Crippen LogP contribution in [0.5, 0.6) is 0 Å². The van der Waals surface area contributed by atoms with Crippen molar-refractivity contribution in [2.45, 2.75) is 0 Å². The zero-order chi connectivity index (χ0) is 38.4. The number of para-hydroxylation sites is 2. The maximum atomic E-state index is 2.52. The Labute approximate surface area is 338 Å². The number of nitrogens with zero attached hydrogens (tertiary/aromatic N) is 2. The van der Waals surface area contributed by atoms with Gasteiger partial charge in [-0.1, -0.05) is 188 Å². The zero-order valence-corrected chi connectivity index (χ0v) is 31.8. The van der Waals surface area contributed by atoms with Crippen molar-refractivity contribution >= 4 is 60.4 Å². The zero-order valence-electron chi connectivity index (χ0n) is 31.8. The first-order valence-corrected chi connectivity index (χ1v) is 19.9. The highest BCUT2D eigenvalue weighted by Crippen LogP contribution is 2.49. The van der Waals surface area contributed by atoms with Crippen LogP contribution in [0.25, 0.3) is 82.4 Å². The van der Waals surface area contributed by atoms with E-state index in [-0.39, 0.29) is 0 Å². The molecule has 0 saturated heterocycles. The predicted octanol–water partition coefficient (Wildman–Crippen LogP) is 15.6. The van der Waals surface area contributed by atoms with E-state index < -0.39 is 0 Å². The fourth-order valence-electron chi connectivity index (χ4n) is 9.00. The van der Waals surface area contributed by atoms with Crippen molar-refractivity contribution in [2.24, 2.45) is 0 Å². The van der Waals surface area contributed by atoms with Crippen LogP contribution >= 0.6 is 0 Å². The van der Waals surface area contributed by atoms with Crippen molar-refractivity contribution in [1.82, 2.24) is 4.57 Å². The molecule has 0 spiro atoms. The number of anilines is 3. The minimum atomic E-state index is 1.12. The summed E-state index contributed by atoms with van der Waals surface area (Å²) in [5.74, 6) is 0. The van der Waals surface area contributed by atoms with E-state index in [1.165, 1.54) is 65.7 Å². The van der Waals surface area contributed by atoms with Crippen LogP contribution in [0.15, 0.2) is 231 Å². The summed E-state index contributed by atoms with van der Waals surface area (Å²) < 4.78 is 2.45. The average molecular weight is 739 g/mol. The molecule has 0 radical (unpaired) electrons. The van der Waals surface area contributed by atoms with Crippen molar-refractivity contribution in [2.75, 3.05) is 4.90 Å². The molecular formula is C56H38N2. The lowest BCUT2D eigenvalue weighted by Gasteiger charge is -2.30. The quantitative estimate of drug-likeness (QED) is 0.148. The van der Waals surface area contributed by atoms with Crippen molar-refractivity contribution in [3.05, 3.63) is 231 Å². The Bertz CT molecular complexity index is 3270. The van der Waals surface area contributed by atoms with Gasteiger partial charge in [-0.3, -0.25) is 0 Å². The Balaban J connectivity index is 1.23. The summed E-state index contributed by atoms with van der Waals surface area (Å²) >= 11 is 0. The maximum Gasteiger partial charge on any atom is 0.0562 e. The van der Waals surface area contributed by atoms with Gasteiger partial charge in [0.2, 0.25) is 0 Å². The number of aromatic nitrogens is 1. The van der Waals surface area contributed by atoms with E-state index in [1.54, 1.807) is 0 Å². The highest BCUT2D eigenvalue weighted by molar-refractivity contribution is 6.20. The standard InChI is InChI=1S/C56H38N2/c1-4-19-39(20-5-1)45-36-35-43(38-50(45)41-23-8-3-9-24-41)57-52-32-17-15-30-49(52)56-53(57)33-18-34-54(56)58(51-31-16-14-27-46(51)40-21-6-2-7-22-40)55-37-42-25-10-11-26-44(42)47-28-12-13-29-48(47)55/h1-38H. The third kappa shape index (κ3) is 5.57. The average Bonchev–Trinajstić information content (AvgIpc) is 3.65. The smallest absolute Gasteiger partial charge is 0.0562 e. The second-order valence-corrected chi connectivity index (χ2v) is 14.9. The molecular weight excluding hydrogens is 701 g/mol. The molecule has 0 saturated carbocycles. The summed E-state index contributed by atoms with van der Waals surface area (Å²) in [7, 11) is 0. The molecule has 0 unspecified atom stereocenters. The van der Waals surface area contributed by atoms with E-state index in [0.29, 0.717) is 0 Å². The summed E-state index contributed by atoms with van der Waals surface area (Å²) in [6, 6.07) is 83.8. The van der Waals surface area contributed by atoms with Gasteiger partial charge in [-0.25, -0.2) is 0 Å². The van der Waals surface area contributed by atoms with Crippen LogP contribution in [0.4, 0.5) is 17.1 Å². The van der Waals surface area contributed by atoms with Gasteiger partial charge in [0.05, 0.1) is 28.1 Å². The van der Waals surface area contributed by atoms with Crippen LogP contribution in [0, 0.1) is 0 Å². The Morgan fingerprint density at radius 1 is 0.293 bits per heavy atom. The lowest BCUT2D eigenvalue weighted by molar-refractivity contribution is 1.18. The van der Waals surface area contributed by atoms with Crippen LogP contribution in [0.2, 0.25) is 0 Å². The molecule has 1 heterocycles. The number of benzene rings is 10. The van der Waals surface area contributed by atoms with E-state index in [2.05, 4.69) is 240 Å². The summed E-state index contributed by atoms with van der Waals surface area (Å²) in [5.41, 5.74) is 14.0. The summed E-state index contributed by atoms with van der Waals surface area (Å²) in [6.45, 7) is 0. The molecule has 272 valence electrons. The number of rotatable bonds is 7. The van der Waals surface area contributed by atoms with E-state index in [0.717, 1.165) is 33.8 Å². The molecule has 0 amide bonds. The first-order chi connectivity index (χ1) is 28.8. The van der Waals surface area contributed by atoms with Crippen molar-refractivity contribution in [3.8, 4) is 39.1 Å². The molecule has 0 fully saturated rings. The third-order valence-corrected chi connectivity index (χ3v) is 11.6. The monoisotopic (exact) mass is 738 g/mol. The second-order valence-electron chi connectivity index (χ2n) is 14.9. The van der Waals surface area contributed by atoms with Gasteiger partial charge >= 0.3 is 0 Å². The van der Waals surface area contributed by atoms with Crippen LogP contribution in [-0.4, -0.2) is 4.57 Å². The van der Waals surface area contributed by atoms with Gasteiger partial charge in [-0.05, 0) is 86.4 Å². The molecule has 11 aromatic rings. The molecule has 0 atom stereocenters. The van der Waals surface area contributed by atoms with Gasteiger partial charge in [0.25, 0.3) is 0 Å². The first kappa shape index (κ1) is 33.6. The molecule has 2 nitrogen and oxygen atoms in total. The highest BCUT2D eigenvalue weighted by Gasteiger charge is 2.25. The van der Waals surface area contributed by atoms with E-state index in [1.807, 2.05) is 0 Å². The van der Waals surface area contributed by atoms with Crippen molar-refractivity contribution in [3.63, 3.8) is 0 Å². The largest absolute Gasteiger partial charge is 0.309 e. The van der Waals surface area contributed by atoms with Gasteiger partial charge in [0.1, 0.15) is 0 Å². The lowest BCUT2D eigenvalue weighted by atomic mass is 9.94. The molecule has 0 aliphatic heterocycles. The van der Waals surface area contributed by atoms with Gasteiger partial charge in [-0.15, -0.1) is 0 Å². The SMILES string of the molecule is c1ccc(-c2ccc(-n3c4ccccc4c4c(N(c5ccccc5-c5ccccc5)c5cc6ccccc6c6ccccc56)cccc43)cc2-c2ccccc2)cc1. The summed E-state index contributed by atoms with van der Waals surface area (Å²) in [4.78, 5) is 2.52. The van der Waals surface area contributed by atoms with Crippen LogP contribution < -0.4 is 4.90 Å². The van der Waals surface area contributed by atoms with Gasteiger partial charge < -0.3 is 9.47 Å². The van der Waals surface area contributed by atoms with E-state index in [9.17, 15) is 0 Å². The van der Waals surface area contributed by atoms with Crippen molar-refractivity contribution < 1.29 is 0 Å². The fraction of sp³-hybridized carbons (Fsp3) is 0. The molecule has 0 aliphatic rings. The van der Waals surface area contributed by atoms with E-state index in [4.69, 9.17) is 0 Å². The Hall–Kier alpha value is -7.68. The Kier molecular flexibility index (Phi) is 8.19. The molecule has 2 heteroatoms.